The quantitative estimate of drug-likeness (QED) is 0.888. The van der Waals surface area contributed by atoms with Crippen LogP contribution in [0.25, 0.3) is 0 Å². The summed E-state index contributed by atoms with van der Waals surface area (Å²) in [5.74, 6) is 2.51. The van der Waals surface area contributed by atoms with Crippen molar-refractivity contribution in [3.8, 4) is 0 Å². The van der Waals surface area contributed by atoms with E-state index >= 15 is 0 Å². The van der Waals surface area contributed by atoms with Crippen LogP contribution < -0.4 is 5.32 Å². The molecule has 94 valence electrons. The van der Waals surface area contributed by atoms with Gasteiger partial charge in [-0.3, -0.25) is 4.79 Å². The van der Waals surface area contributed by atoms with Crippen molar-refractivity contribution in [1.29, 1.82) is 0 Å². The Balaban J connectivity index is 1.61. The molecule has 0 aromatic carbocycles. The van der Waals surface area contributed by atoms with Crippen LogP contribution in [0.3, 0.4) is 0 Å². The molecular weight excluding hydrogens is 250 g/mol. The Hall–Kier alpha value is -0.480. The summed E-state index contributed by atoms with van der Waals surface area (Å²) in [4.78, 5) is 13.1. The zero-order valence-electron chi connectivity index (χ0n) is 10.1. The number of amides is 1. The lowest BCUT2D eigenvalue weighted by atomic mass is 10.1. The van der Waals surface area contributed by atoms with Gasteiger partial charge in [0.05, 0.1) is 5.75 Å². The number of rotatable bonds is 5. The highest BCUT2D eigenvalue weighted by molar-refractivity contribution is 7.99. The van der Waals surface area contributed by atoms with Gasteiger partial charge in [0.15, 0.2) is 0 Å². The summed E-state index contributed by atoms with van der Waals surface area (Å²) in [5, 5.41) is 5.21. The van der Waals surface area contributed by atoms with E-state index < -0.39 is 0 Å². The molecule has 1 aromatic rings. The molecule has 17 heavy (non-hydrogen) atoms. The van der Waals surface area contributed by atoms with Crippen LogP contribution in [0.4, 0.5) is 0 Å². The SMILES string of the molecule is CC1CCC(NC(=O)CSCc2cccs2)C1. The molecule has 1 aliphatic carbocycles. The van der Waals surface area contributed by atoms with Gasteiger partial charge in [-0.15, -0.1) is 23.1 Å². The Morgan fingerprint density at radius 3 is 3.12 bits per heavy atom. The fraction of sp³-hybridized carbons (Fsp3) is 0.615. The molecule has 1 heterocycles. The summed E-state index contributed by atoms with van der Waals surface area (Å²) >= 11 is 3.46. The molecule has 1 amide bonds. The van der Waals surface area contributed by atoms with Crippen LogP contribution >= 0.6 is 23.1 Å². The Labute approximate surface area is 111 Å². The third-order valence-electron chi connectivity index (χ3n) is 3.12. The zero-order valence-corrected chi connectivity index (χ0v) is 11.8. The Bertz CT molecular complexity index is 350. The topological polar surface area (TPSA) is 29.1 Å². The van der Waals surface area contributed by atoms with E-state index in [4.69, 9.17) is 0 Å². The molecule has 1 fully saturated rings. The standard InChI is InChI=1S/C13H19NOS2/c1-10-4-5-11(7-10)14-13(15)9-16-8-12-3-2-6-17-12/h2-3,6,10-11H,4-5,7-9H2,1H3,(H,14,15). The lowest BCUT2D eigenvalue weighted by molar-refractivity contribution is -0.119. The lowest BCUT2D eigenvalue weighted by Crippen LogP contribution is -2.34. The van der Waals surface area contributed by atoms with Crippen molar-refractivity contribution >= 4 is 29.0 Å². The first kappa shape index (κ1) is 13.0. The van der Waals surface area contributed by atoms with Crippen LogP contribution in [0.15, 0.2) is 17.5 Å². The molecule has 0 spiro atoms. The maximum atomic E-state index is 11.7. The van der Waals surface area contributed by atoms with Crippen molar-refractivity contribution in [3.63, 3.8) is 0 Å². The molecule has 0 saturated heterocycles. The highest BCUT2D eigenvalue weighted by Gasteiger charge is 2.22. The minimum absolute atomic E-state index is 0.200. The molecule has 4 heteroatoms. The second-order valence-electron chi connectivity index (χ2n) is 4.75. The van der Waals surface area contributed by atoms with Crippen LogP contribution in [0.5, 0.6) is 0 Å². The first-order valence-corrected chi connectivity index (χ1v) is 8.17. The highest BCUT2D eigenvalue weighted by Crippen LogP contribution is 2.24. The van der Waals surface area contributed by atoms with Gasteiger partial charge in [-0.25, -0.2) is 0 Å². The van der Waals surface area contributed by atoms with Crippen LogP contribution in [0, 0.1) is 5.92 Å². The summed E-state index contributed by atoms with van der Waals surface area (Å²) in [7, 11) is 0. The first-order valence-electron chi connectivity index (χ1n) is 6.13. The average Bonchev–Trinajstić information content (AvgIpc) is 2.90. The molecule has 1 aromatic heterocycles. The predicted molar refractivity (Wildman–Crippen MR) is 75.4 cm³/mol. The Kier molecular flexibility index (Phi) is 4.92. The normalized spacial score (nSPS) is 23.8. The van der Waals surface area contributed by atoms with Crippen molar-refractivity contribution in [2.75, 3.05) is 5.75 Å². The second kappa shape index (κ2) is 6.45. The number of carbonyl (C=O) groups excluding carboxylic acids is 1. The fourth-order valence-corrected chi connectivity index (χ4v) is 3.93. The van der Waals surface area contributed by atoms with Gasteiger partial charge in [-0.05, 0) is 36.6 Å². The minimum atomic E-state index is 0.200. The monoisotopic (exact) mass is 269 g/mol. The second-order valence-corrected chi connectivity index (χ2v) is 6.77. The van der Waals surface area contributed by atoms with Crippen LogP contribution in [0.2, 0.25) is 0 Å². The van der Waals surface area contributed by atoms with Gasteiger partial charge in [0, 0.05) is 16.7 Å². The van der Waals surface area contributed by atoms with Gasteiger partial charge in [0.25, 0.3) is 0 Å². The molecule has 0 aliphatic heterocycles. The van der Waals surface area contributed by atoms with E-state index in [9.17, 15) is 4.79 Å². The van der Waals surface area contributed by atoms with Crippen LogP contribution in [-0.2, 0) is 10.5 Å². The van der Waals surface area contributed by atoms with E-state index in [0.717, 1.165) is 24.5 Å². The van der Waals surface area contributed by atoms with Gasteiger partial charge in [-0.1, -0.05) is 13.0 Å². The molecule has 2 rings (SSSR count). The Morgan fingerprint density at radius 1 is 1.59 bits per heavy atom. The summed E-state index contributed by atoms with van der Waals surface area (Å²) in [5.41, 5.74) is 0. The third-order valence-corrected chi connectivity index (χ3v) is 5.16. The molecule has 1 N–H and O–H groups in total. The van der Waals surface area contributed by atoms with E-state index in [-0.39, 0.29) is 5.91 Å². The van der Waals surface area contributed by atoms with E-state index in [1.54, 1.807) is 23.1 Å². The maximum absolute atomic E-state index is 11.7. The summed E-state index contributed by atoms with van der Waals surface area (Å²) < 4.78 is 0. The summed E-state index contributed by atoms with van der Waals surface area (Å²) in [6.07, 6.45) is 3.57. The molecule has 0 bridgehead atoms. The summed E-state index contributed by atoms with van der Waals surface area (Å²) in [6, 6.07) is 4.61. The van der Waals surface area contributed by atoms with Crippen molar-refractivity contribution < 1.29 is 4.79 Å². The number of nitrogens with one attached hydrogen (secondary N) is 1. The van der Waals surface area contributed by atoms with E-state index in [1.165, 1.54) is 11.3 Å². The fourth-order valence-electron chi connectivity index (χ4n) is 2.25. The predicted octanol–water partition coefficient (Wildman–Crippen LogP) is 3.29. The number of carbonyl (C=O) groups is 1. The van der Waals surface area contributed by atoms with Crippen molar-refractivity contribution in [2.24, 2.45) is 5.92 Å². The molecule has 1 saturated carbocycles. The summed E-state index contributed by atoms with van der Waals surface area (Å²) in [6.45, 7) is 2.26. The van der Waals surface area contributed by atoms with Crippen molar-refractivity contribution in [1.82, 2.24) is 5.32 Å². The largest absolute Gasteiger partial charge is 0.353 e. The van der Waals surface area contributed by atoms with Gasteiger partial charge >= 0.3 is 0 Å². The number of hydrogen-bond acceptors (Lipinski definition) is 3. The van der Waals surface area contributed by atoms with Gasteiger partial charge in [0.2, 0.25) is 5.91 Å². The van der Waals surface area contributed by atoms with Gasteiger partial charge in [-0.2, -0.15) is 0 Å². The van der Waals surface area contributed by atoms with Crippen LogP contribution in [-0.4, -0.2) is 17.7 Å². The highest BCUT2D eigenvalue weighted by atomic mass is 32.2. The zero-order chi connectivity index (χ0) is 12.1. The Morgan fingerprint density at radius 2 is 2.47 bits per heavy atom. The van der Waals surface area contributed by atoms with Crippen molar-refractivity contribution in [3.05, 3.63) is 22.4 Å². The van der Waals surface area contributed by atoms with Gasteiger partial charge in [0.1, 0.15) is 0 Å². The molecule has 2 unspecified atom stereocenters. The number of hydrogen-bond donors (Lipinski definition) is 1. The smallest absolute Gasteiger partial charge is 0.230 e. The first-order chi connectivity index (χ1) is 8.24. The average molecular weight is 269 g/mol. The van der Waals surface area contributed by atoms with E-state index in [1.807, 2.05) is 0 Å². The number of thiophene rings is 1. The lowest BCUT2D eigenvalue weighted by Gasteiger charge is -2.11. The minimum Gasteiger partial charge on any atom is -0.353 e. The van der Waals surface area contributed by atoms with E-state index in [2.05, 4.69) is 29.8 Å². The molecule has 2 nitrogen and oxygen atoms in total. The molecule has 1 aliphatic rings. The maximum Gasteiger partial charge on any atom is 0.230 e. The molecule has 2 atom stereocenters. The van der Waals surface area contributed by atoms with Crippen molar-refractivity contribution in [2.45, 2.75) is 38.0 Å². The molecule has 0 radical (unpaired) electrons. The van der Waals surface area contributed by atoms with Gasteiger partial charge < -0.3 is 5.32 Å². The molecular formula is C13H19NOS2. The number of thioether (sulfide) groups is 1. The third kappa shape index (κ3) is 4.36. The van der Waals surface area contributed by atoms with Crippen LogP contribution in [0.1, 0.15) is 31.1 Å². The van der Waals surface area contributed by atoms with E-state index in [0.29, 0.717) is 11.8 Å².